The quantitative estimate of drug-likeness (QED) is 0.883. The molecule has 1 amide bonds. The van der Waals surface area contributed by atoms with E-state index in [0.29, 0.717) is 11.3 Å². The predicted molar refractivity (Wildman–Crippen MR) is 84.7 cm³/mol. The smallest absolute Gasteiger partial charge is 0.259 e. The third-order valence-corrected chi connectivity index (χ3v) is 3.55. The van der Waals surface area contributed by atoms with Crippen molar-refractivity contribution in [3.63, 3.8) is 0 Å². The molecule has 0 atom stereocenters. The van der Waals surface area contributed by atoms with Gasteiger partial charge in [0.2, 0.25) is 0 Å². The van der Waals surface area contributed by atoms with Crippen LogP contribution in [0.25, 0.3) is 0 Å². The van der Waals surface area contributed by atoms with Crippen molar-refractivity contribution in [1.29, 1.82) is 0 Å². The lowest BCUT2D eigenvalue weighted by molar-refractivity contribution is 0.102. The molecule has 1 heterocycles. The van der Waals surface area contributed by atoms with Crippen molar-refractivity contribution < 1.29 is 9.21 Å². The summed E-state index contributed by atoms with van der Waals surface area (Å²) in [6.07, 6.45) is 0. The fraction of sp³-hybridized carbons (Fsp3) is 0.353. The molecule has 0 saturated carbocycles. The third-order valence-electron chi connectivity index (χ3n) is 3.55. The van der Waals surface area contributed by atoms with Crippen molar-refractivity contribution in [1.82, 2.24) is 5.32 Å². The molecule has 0 aliphatic carbocycles. The van der Waals surface area contributed by atoms with Gasteiger partial charge in [-0.3, -0.25) is 4.79 Å². The minimum Gasteiger partial charge on any atom is -0.466 e. The van der Waals surface area contributed by atoms with Gasteiger partial charge in [0.1, 0.15) is 11.5 Å². The second kappa shape index (κ2) is 6.59. The number of benzene rings is 1. The van der Waals surface area contributed by atoms with Crippen molar-refractivity contribution >= 4 is 11.6 Å². The molecular formula is C17H22N2O2. The van der Waals surface area contributed by atoms with E-state index in [1.807, 2.05) is 45.0 Å². The van der Waals surface area contributed by atoms with Crippen molar-refractivity contribution in [2.45, 2.75) is 34.2 Å². The van der Waals surface area contributed by atoms with E-state index in [9.17, 15) is 4.79 Å². The molecule has 0 aliphatic rings. The highest BCUT2D eigenvalue weighted by molar-refractivity contribution is 6.06. The molecule has 4 heteroatoms. The van der Waals surface area contributed by atoms with Crippen molar-refractivity contribution in [2.24, 2.45) is 0 Å². The Kier molecular flexibility index (Phi) is 4.81. The summed E-state index contributed by atoms with van der Waals surface area (Å²) >= 11 is 0. The summed E-state index contributed by atoms with van der Waals surface area (Å²) < 4.78 is 5.51. The molecule has 2 rings (SSSR count). The van der Waals surface area contributed by atoms with Crippen molar-refractivity contribution in [3.8, 4) is 0 Å². The lowest BCUT2D eigenvalue weighted by Crippen LogP contribution is -2.15. The van der Waals surface area contributed by atoms with Gasteiger partial charge in [-0.2, -0.15) is 0 Å². The van der Waals surface area contributed by atoms with E-state index in [1.54, 1.807) is 0 Å². The van der Waals surface area contributed by atoms with Gasteiger partial charge in [-0.05, 0) is 45.0 Å². The Morgan fingerprint density at radius 2 is 1.95 bits per heavy atom. The van der Waals surface area contributed by atoms with Gasteiger partial charge in [-0.15, -0.1) is 0 Å². The molecule has 4 nitrogen and oxygen atoms in total. The molecule has 0 unspecified atom stereocenters. The fourth-order valence-electron chi connectivity index (χ4n) is 2.35. The summed E-state index contributed by atoms with van der Waals surface area (Å²) in [5, 5.41) is 6.21. The van der Waals surface area contributed by atoms with E-state index in [1.165, 1.54) is 0 Å². The predicted octanol–water partition coefficient (Wildman–Crippen LogP) is 3.57. The summed E-state index contributed by atoms with van der Waals surface area (Å²) in [6, 6.07) is 7.86. The van der Waals surface area contributed by atoms with Crippen LogP contribution in [0.4, 0.5) is 5.69 Å². The second-order valence-corrected chi connectivity index (χ2v) is 5.15. The highest BCUT2D eigenvalue weighted by atomic mass is 16.3. The lowest BCUT2D eigenvalue weighted by atomic mass is 10.1. The third kappa shape index (κ3) is 3.52. The molecular weight excluding hydrogens is 264 g/mol. The van der Waals surface area contributed by atoms with Gasteiger partial charge in [-0.1, -0.05) is 19.1 Å². The van der Waals surface area contributed by atoms with Gasteiger partial charge in [0.25, 0.3) is 5.91 Å². The molecule has 0 fully saturated rings. The highest BCUT2D eigenvalue weighted by Crippen LogP contribution is 2.22. The number of rotatable bonds is 5. The summed E-state index contributed by atoms with van der Waals surface area (Å²) in [4.78, 5) is 12.4. The number of amides is 1. The second-order valence-electron chi connectivity index (χ2n) is 5.15. The van der Waals surface area contributed by atoms with Crippen LogP contribution < -0.4 is 10.6 Å². The molecule has 21 heavy (non-hydrogen) atoms. The van der Waals surface area contributed by atoms with E-state index in [-0.39, 0.29) is 5.91 Å². The average molecular weight is 286 g/mol. The van der Waals surface area contributed by atoms with Crippen LogP contribution in [0.3, 0.4) is 0 Å². The first-order valence-corrected chi connectivity index (χ1v) is 7.20. The minimum absolute atomic E-state index is 0.123. The van der Waals surface area contributed by atoms with E-state index in [2.05, 4.69) is 17.6 Å². The maximum absolute atomic E-state index is 12.4. The van der Waals surface area contributed by atoms with Gasteiger partial charge in [0, 0.05) is 17.8 Å². The number of anilines is 1. The number of furan rings is 1. The number of aryl methyl sites for hydroxylation is 2. The summed E-state index contributed by atoms with van der Waals surface area (Å²) in [5.74, 6) is 1.33. The largest absolute Gasteiger partial charge is 0.466 e. The van der Waals surface area contributed by atoms with Gasteiger partial charge in [0.15, 0.2) is 0 Å². The molecule has 0 radical (unpaired) electrons. The molecule has 2 aromatic rings. The van der Waals surface area contributed by atoms with Crippen LogP contribution in [0.15, 0.2) is 28.7 Å². The fourth-order valence-corrected chi connectivity index (χ4v) is 2.35. The van der Waals surface area contributed by atoms with E-state index in [4.69, 9.17) is 4.42 Å². The standard InChI is InChI=1S/C17H22N2O2/c1-5-18-10-14-7-6-8-15(9-14)19-17(20)16-11(2)12(3)21-13(16)4/h6-9,18H,5,10H2,1-4H3,(H,19,20). The average Bonchev–Trinajstić information content (AvgIpc) is 2.70. The Balaban J connectivity index is 2.16. The van der Waals surface area contributed by atoms with E-state index < -0.39 is 0 Å². The van der Waals surface area contributed by atoms with Crippen LogP contribution in [-0.2, 0) is 6.54 Å². The normalized spacial score (nSPS) is 10.7. The maximum Gasteiger partial charge on any atom is 0.259 e. The zero-order valence-corrected chi connectivity index (χ0v) is 13.0. The van der Waals surface area contributed by atoms with Gasteiger partial charge >= 0.3 is 0 Å². The molecule has 1 aromatic carbocycles. The topological polar surface area (TPSA) is 54.3 Å². The zero-order valence-electron chi connectivity index (χ0n) is 13.0. The Hall–Kier alpha value is -2.07. The lowest BCUT2D eigenvalue weighted by Gasteiger charge is -2.08. The first-order valence-electron chi connectivity index (χ1n) is 7.20. The maximum atomic E-state index is 12.4. The van der Waals surface area contributed by atoms with Gasteiger partial charge < -0.3 is 15.1 Å². The van der Waals surface area contributed by atoms with E-state index >= 15 is 0 Å². The van der Waals surface area contributed by atoms with Crippen LogP contribution in [0.1, 0.15) is 39.9 Å². The van der Waals surface area contributed by atoms with Crippen molar-refractivity contribution in [3.05, 3.63) is 52.5 Å². The molecule has 0 spiro atoms. The van der Waals surface area contributed by atoms with Crippen LogP contribution >= 0.6 is 0 Å². The molecule has 112 valence electrons. The molecule has 0 bridgehead atoms. The number of carbonyl (C=O) groups excluding carboxylic acids is 1. The Labute approximate surface area is 125 Å². The number of hydrogen-bond donors (Lipinski definition) is 2. The molecule has 2 N–H and O–H groups in total. The number of carbonyl (C=O) groups is 1. The SMILES string of the molecule is CCNCc1cccc(NC(=O)c2c(C)oc(C)c2C)c1. The first-order chi connectivity index (χ1) is 10.0. The van der Waals surface area contributed by atoms with E-state index in [0.717, 1.165) is 35.7 Å². The van der Waals surface area contributed by atoms with Crippen molar-refractivity contribution in [2.75, 3.05) is 11.9 Å². The first kappa shape index (κ1) is 15.3. The summed E-state index contributed by atoms with van der Waals surface area (Å²) in [6.45, 7) is 9.37. The van der Waals surface area contributed by atoms with Crippen LogP contribution in [0.2, 0.25) is 0 Å². The van der Waals surface area contributed by atoms with Gasteiger partial charge in [0.05, 0.1) is 5.56 Å². The molecule has 0 saturated heterocycles. The Morgan fingerprint density at radius 3 is 2.57 bits per heavy atom. The Morgan fingerprint density at radius 1 is 1.19 bits per heavy atom. The minimum atomic E-state index is -0.123. The monoisotopic (exact) mass is 286 g/mol. The number of nitrogens with one attached hydrogen (secondary N) is 2. The van der Waals surface area contributed by atoms with Crippen LogP contribution in [-0.4, -0.2) is 12.5 Å². The highest BCUT2D eigenvalue weighted by Gasteiger charge is 2.18. The van der Waals surface area contributed by atoms with Crippen LogP contribution in [0, 0.1) is 20.8 Å². The summed E-state index contributed by atoms with van der Waals surface area (Å²) in [5.41, 5.74) is 3.47. The Bertz CT molecular complexity index is 644. The van der Waals surface area contributed by atoms with Gasteiger partial charge in [-0.25, -0.2) is 0 Å². The number of hydrogen-bond acceptors (Lipinski definition) is 3. The zero-order chi connectivity index (χ0) is 15.4. The molecule has 1 aromatic heterocycles. The summed E-state index contributed by atoms with van der Waals surface area (Å²) in [7, 11) is 0. The van der Waals surface area contributed by atoms with Crippen LogP contribution in [0.5, 0.6) is 0 Å². The molecule has 0 aliphatic heterocycles.